The quantitative estimate of drug-likeness (QED) is 0.232. The maximum Gasteiger partial charge on any atom is 0.232 e. The van der Waals surface area contributed by atoms with Crippen LogP contribution < -0.4 is 21.1 Å². The summed E-state index contributed by atoms with van der Waals surface area (Å²) < 4.78 is 11.3. The number of rotatable bonds is 12. The minimum atomic E-state index is -0.760. The lowest BCUT2D eigenvalue weighted by molar-refractivity contribution is -0.123. The van der Waals surface area contributed by atoms with E-state index in [1.54, 1.807) is 19.2 Å². The second kappa shape index (κ2) is 12.7. The first-order valence-corrected chi connectivity index (χ1v) is 10.6. The number of hydrogen-bond donors (Lipinski definition) is 3. The molecule has 0 saturated carbocycles. The maximum absolute atomic E-state index is 13.1. The van der Waals surface area contributed by atoms with Crippen LogP contribution in [0.1, 0.15) is 6.92 Å². The number of nitroso groups, excluding NO2 is 1. The number of halogens is 1. The third-order valence-corrected chi connectivity index (χ3v) is 5.07. The van der Waals surface area contributed by atoms with Crippen molar-refractivity contribution < 1.29 is 14.3 Å². The summed E-state index contributed by atoms with van der Waals surface area (Å²) in [5.74, 6) is -0.677. The third kappa shape index (κ3) is 7.86. The van der Waals surface area contributed by atoms with Crippen LogP contribution in [-0.4, -0.2) is 91.9 Å². The number of pyridine rings is 1. The first-order chi connectivity index (χ1) is 14.8. The third-order valence-electron chi connectivity index (χ3n) is 4.78. The average Bonchev–Trinajstić information content (AvgIpc) is 2.72. The van der Waals surface area contributed by atoms with Crippen LogP contribution in [0.5, 0.6) is 5.75 Å². The van der Waals surface area contributed by atoms with Gasteiger partial charge in [-0.2, -0.15) is 0 Å². The van der Waals surface area contributed by atoms with Crippen molar-refractivity contribution in [1.29, 1.82) is 0 Å². The van der Waals surface area contributed by atoms with Crippen molar-refractivity contribution in [3.63, 3.8) is 0 Å². The highest BCUT2D eigenvalue weighted by atomic mass is 35.5. The lowest BCUT2D eigenvalue weighted by atomic mass is 9.95. The zero-order valence-corrected chi connectivity index (χ0v) is 18.9. The standard InChI is InChI=1S/C19H32ClN7O4/c1-13(21)17(18-23-10-14(20)12-27(18)25-29)19(28)24-15-11-22-5-4-16(15)31-9-8-30-7-6-26(2)3/h4-5,11,13-14,17-18,23H,6-10,12,21H2,1-3H3,(H,24,28). The van der Waals surface area contributed by atoms with Crippen LogP contribution in [0, 0.1) is 10.8 Å². The van der Waals surface area contributed by atoms with Gasteiger partial charge in [0.1, 0.15) is 24.2 Å². The Morgan fingerprint density at radius 2 is 2.26 bits per heavy atom. The molecule has 1 aliphatic rings. The molecule has 11 nitrogen and oxygen atoms in total. The molecular formula is C19H32ClN7O4. The number of ether oxygens (including phenoxy) is 2. The van der Waals surface area contributed by atoms with Crippen molar-refractivity contribution in [2.75, 3.05) is 58.9 Å². The summed E-state index contributed by atoms with van der Waals surface area (Å²) in [7, 11) is 3.95. The number of alkyl halides is 1. The van der Waals surface area contributed by atoms with Crippen LogP contribution in [-0.2, 0) is 9.53 Å². The fourth-order valence-electron chi connectivity index (χ4n) is 3.18. The summed E-state index contributed by atoms with van der Waals surface area (Å²) in [5, 5.41) is 9.85. The molecule has 1 aromatic rings. The number of aromatic nitrogens is 1. The van der Waals surface area contributed by atoms with Crippen molar-refractivity contribution in [2.24, 2.45) is 16.9 Å². The molecule has 2 rings (SSSR count). The monoisotopic (exact) mass is 457 g/mol. The number of amides is 1. The van der Waals surface area contributed by atoms with Crippen LogP contribution in [0.3, 0.4) is 0 Å². The molecular weight excluding hydrogens is 426 g/mol. The molecule has 4 N–H and O–H groups in total. The molecule has 2 heterocycles. The molecule has 0 aromatic carbocycles. The molecule has 12 heteroatoms. The van der Waals surface area contributed by atoms with Crippen LogP contribution in [0.2, 0.25) is 0 Å². The van der Waals surface area contributed by atoms with E-state index in [9.17, 15) is 9.70 Å². The summed E-state index contributed by atoms with van der Waals surface area (Å²) in [6, 6.07) is 1.10. The molecule has 4 atom stereocenters. The van der Waals surface area contributed by atoms with Crippen LogP contribution in [0.25, 0.3) is 0 Å². The smallest absolute Gasteiger partial charge is 0.232 e. The zero-order chi connectivity index (χ0) is 22.8. The summed E-state index contributed by atoms with van der Waals surface area (Å²) >= 11 is 6.09. The van der Waals surface area contributed by atoms with E-state index in [1.807, 2.05) is 19.0 Å². The fourth-order valence-corrected chi connectivity index (χ4v) is 3.41. The summed E-state index contributed by atoms with van der Waals surface area (Å²) in [6.45, 7) is 4.52. The second-order valence-electron chi connectivity index (χ2n) is 7.66. The van der Waals surface area contributed by atoms with Gasteiger partial charge in [0.25, 0.3) is 0 Å². The molecule has 1 aromatic heterocycles. The van der Waals surface area contributed by atoms with Gasteiger partial charge in [0, 0.05) is 31.4 Å². The number of hydrogen-bond acceptors (Lipinski definition) is 9. The molecule has 4 unspecified atom stereocenters. The van der Waals surface area contributed by atoms with Crippen molar-refractivity contribution in [3.8, 4) is 5.75 Å². The predicted molar refractivity (Wildman–Crippen MR) is 119 cm³/mol. The van der Waals surface area contributed by atoms with Gasteiger partial charge in [-0.05, 0) is 21.0 Å². The Morgan fingerprint density at radius 3 is 2.94 bits per heavy atom. The minimum absolute atomic E-state index is 0.230. The van der Waals surface area contributed by atoms with Gasteiger partial charge in [0.15, 0.2) is 0 Å². The average molecular weight is 458 g/mol. The number of nitrogens with two attached hydrogens (primary N) is 1. The molecule has 1 amide bonds. The van der Waals surface area contributed by atoms with Crippen LogP contribution >= 0.6 is 11.6 Å². The highest BCUT2D eigenvalue weighted by Crippen LogP contribution is 2.25. The number of likely N-dealkylation sites (N-methyl/N-ethyl adjacent to an activating group) is 1. The molecule has 0 bridgehead atoms. The molecule has 1 aliphatic heterocycles. The molecule has 1 fully saturated rings. The molecule has 174 valence electrons. The maximum atomic E-state index is 13.1. The normalized spacial score (nSPS) is 20.9. The molecule has 1 saturated heterocycles. The van der Waals surface area contributed by atoms with Gasteiger partial charge in [0.05, 0.1) is 42.5 Å². The van der Waals surface area contributed by atoms with Gasteiger partial charge in [-0.1, -0.05) is 0 Å². The Balaban J connectivity index is 2.00. The number of carbonyl (C=O) groups excluding carboxylic acids is 1. The van der Waals surface area contributed by atoms with E-state index in [1.165, 1.54) is 11.2 Å². The Kier molecular flexibility index (Phi) is 10.3. The van der Waals surface area contributed by atoms with Crippen molar-refractivity contribution in [1.82, 2.24) is 20.2 Å². The first kappa shape index (κ1) is 25.2. The number of anilines is 1. The number of carbonyl (C=O) groups is 1. The van der Waals surface area contributed by atoms with E-state index in [4.69, 9.17) is 26.8 Å². The lowest BCUT2D eigenvalue weighted by Gasteiger charge is -2.39. The minimum Gasteiger partial charge on any atom is -0.489 e. The van der Waals surface area contributed by atoms with E-state index in [-0.39, 0.29) is 17.8 Å². The molecule has 0 radical (unpaired) electrons. The Labute approximate surface area is 187 Å². The highest BCUT2D eigenvalue weighted by Gasteiger charge is 2.39. The summed E-state index contributed by atoms with van der Waals surface area (Å²) in [5.41, 5.74) is 6.49. The van der Waals surface area contributed by atoms with Gasteiger partial charge in [-0.3, -0.25) is 15.1 Å². The van der Waals surface area contributed by atoms with Gasteiger partial charge in [-0.25, -0.2) is 5.01 Å². The van der Waals surface area contributed by atoms with Gasteiger partial charge in [-0.15, -0.1) is 16.5 Å². The van der Waals surface area contributed by atoms with Crippen LogP contribution in [0.15, 0.2) is 23.7 Å². The molecule has 0 aliphatic carbocycles. The molecule has 31 heavy (non-hydrogen) atoms. The van der Waals surface area contributed by atoms with Gasteiger partial charge < -0.3 is 25.4 Å². The van der Waals surface area contributed by atoms with Crippen LogP contribution in [0.4, 0.5) is 5.69 Å². The SMILES string of the molecule is CC(N)C(C(=O)Nc1cnccc1OCCOCCN(C)C)C1NCC(Cl)CN1N=O. The number of nitrogens with zero attached hydrogens (tertiary/aromatic N) is 4. The van der Waals surface area contributed by atoms with Crippen molar-refractivity contribution in [3.05, 3.63) is 23.4 Å². The van der Waals surface area contributed by atoms with Crippen molar-refractivity contribution >= 4 is 23.2 Å². The Morgan fingerprint density at radius 1 is 1.48 bits per heavy atom. The first-order valence-electron chi connectivity index (χ1n) is 10.2. The second-order valence-corrected chi connectivity index (χ2v) is 8.28. The Hall–Kier alpha value is -2.05. The van der Waals surface area contributed by atoms with E-state index in [0.717, 1.165) is 6.54 Å². The summed E-state index contributed by atoms with van der Waals surface area (Å²) in [4.78, 5) is 30.4. The number of nitrogens with one attached hydrogen (secondary N) is 2. The van der Waals surface area contributed by atoms with E-state index in [2.05, 4.69) is 20.9 Å². The Bertz CT molecular complexity index is 710. The molecule has 0 spiro atoms. The largest absolute Gasteiger partial charge is 0.489 e. The van der Waals surface area contributed by atoms with E-state index >= 15 is 0 Å². The predicted octanol–water partition coefficient (Wildman–Crippen LogP) is 0.461. The van der Waals surface area contributed by atoms with E-state index < -0.39 is 18.1 Å². The van der Waals surface area contributed by atoms with Gasteiger partial charge in [0.2, 0.25) is 5.91 Å². The van der Waals surface area contributed by atoms with Crippen molar-refractivity contribution in [2.45, 2.75) is 24.5 Å². The highest BCUT2D eigenvalue weighted by molar-refractivity contribution is 6.21. The van der Waals surface area contributed by atoms with Gasteiger partial charge >= 0.3 is 0 Å². The summed E-state index contributed by atoms with van der Waals surface area (Å²) in [6.07, 6.45) is 2.40. The fraction of sp³-hybridized carbons (Fsp3) is 0.684. The lowest BCUT2D eigenvalue weighted by Crippen LogP contribution is -2.62. The zero-order valence-electron chi connectivity index (χ0n) is 18.2. The van der Waals surface area contributed by atoms with E-state index in [0.29, 0.717) is 37.8 Å². The topological polar surface area (TPSA) is 134 Å².